The summed E-state index contributed by atoms with van der Waals surface area (Å²) in [6, 6.07) is 9.22. The molecular weight excluding hydrogens is 252 g/mol. The van der Waals surface area contributed by atoms with Crippen molar-refractivity contribution in [3.05, 3.63) is 53.2 Å². The largest absolute Gasteiger partial charge is 0.467 e. The molecule has 18 heavy (non-hydrogen) atoms. The van der Waals surface area contributed by atoms with Gasteiger partial charge >= 0.3 is 0 Å². The lowest BCUT2D eigenvalue weighted by molar-refractivity contribution is 0.266. The molecule has 0 radical (unpaired) electrons. The molecule has 0 amide bonds. The van der Waals surface area contributed by atoms with Crippen LogP contribution in [0.2, 0.25) is 5.02 Å². The first kappa shape index (κ1) is 11.3. The van der Waals surface area contributed by atoms with Crippen LogP contribution in [0, 0.1) is 0 Å². The van der Waals surface area contributed by atoms with Crippen molar-refractivity contribution >= 4 is 22.6 Å². The van der Waals surface area contributed by atoms with Gasteiger partial charge in [-0.2, -0.15) is 0 Å². The number of aromatic nitrogens is 2. The molecule has 4 nitrogen and oxygen atoms in total. The van der Waals surface area contributed by atoms with Crippen molar-refractivity contribution in [1.82, 2.24) is 9.55 Å². The summed E-state index contributed by atoms with van der Waals surface area (Å²) in [6.45, 7) is 0.425. The van der Waals surface area contributed by atoms with Gasteiger partial charge in [0.15, 0.2) is 0 Å². The first-order chi connectivity index (χ1) is 8.78. The van der Waals surface area contributed by atoms with Gasteiger partial charge in [0.2, 0.25) is 0 Å². The van der Waals surface area contributed by atoms with Gasteiger partial charge < -0.3 is 14.1 Å². The van der Waals surface area contributed by atoms with Gasteiger partial charge in [0.05, 0.1) is 23.8 Å². The Hall–Kier alpha value is -1.78. The van der Waals surface area contributed by atoms with Crippen molar-refractivity contribution in [1.29, 1.82) is 0 Å². The zero-order valence-corrected chi connectivity index (χ0v) is 10.3. The normalized spacial score (nSPS) is 11.2. The molecular formula is C13H11ClN2O2. The number of halogens is 1. The molecule has 0 unspecified atom stereocenters. The molecule has 2 heterocycles. The zero-order valence-electron chi connectivity index (χ0n) is 9.51. The van der Waals surface area contributed by atoms with Crippen LogP contribution in [-0.4, -0.2) is 14.7 Å². The Bertz CT molecular complexity index is 674. The average Bonchev–Trinajstić information content (AvgIpc) is 2.97. The number of aliphatic hydroxyl groups excluding tert-OH is 1. The fourth-order valence-electron chi connectivity index (χ4n) is 2.01. The molecule has 0 atom stereocenters. The third-order valence-electron chi connectivity index (χ3n) is 2.82. The smallest absolute Gasteiger partial charge is 0.136 e. The van der Waals surface area contributed by atoms with Crippen LogP contribution in [0.5, 0.6) is 0 Å². The highest BCUT2D eigenvalue weighted by atomic mass is 35.5. The maximum absolute atomic E-state index is 9.37. The molecule has 5 heteroatoms. The number of fused-ring (bicyclic) bond motifs is 1. The fraction of sp³-hybridized carbons (Fsp3) is 0.154. The Labute approximate surface area is 108 Å². The molecule has 0 saturated carbocycles. The van der Waals surface area contributed by atoms with Gasteiger partial charge in [0, 0.05) is 5.02 Å². The van der Waals surface area contributed by atoms with Crippen LogP contribution < -0.4 is 0 Å². The van der Waals surface area contributed by atoms with Gasteiger partial charge in [0.1, 0.15) is 18.2 Å². The molecule has 3 rings (SSSR count). The van der Waals surface area contributed by atoms with Crippen molar-refractivity contribution < 1.29 is 9.52 Å². The second-order valence-electron chi connectivity index (χ2n) is 3.98. The summed E-state index contributed by atoms with van der Waals surface area (Å²) in [7, 11) is 0. The Morgan fingerprint density at radius 3 is 2.94 bits per heavy atom. The lowest BCUT2D eigenvalue weighted by atomic mass is 10.3. The number of furan rings is 1. The number of hydrogen-bond donors (Lipinski definition) is 1. The maximum atomic E-state index is 9.37. The van der Waals surface area contributed by atoms with E-state index in [0.29, 0.717) is 17.4 Å². The number of aliphatic hydroxyl groups is 1. The molecule has 0 saturated heterocycles. The van der Waals surface area contributed by atoms with Crippen LogP contribution in [0.1, 0.15) is 11.6 Å². The Morgan fingerprint density at radius 1 is 1.33 bits per heavy atom. The van der Waals surface area contributed by atoms with Crippen LogP contribution in [0.3, 0.4) is 0 Å². The number of rotatable bonds is 3. The fourth-order valence-corrected chi connectivity index (χ4v) is 2.17. The van der Waals surface area contributed by atoms with Crippen molar-refractivity contribution in [2.24, 2.45) is 0 Å². The van der Waals surface area contributed by atoms with E-state index in [1.807, 2.05) is 28.8 Å². The van der Waals surface area contributed by atoms with Crippen molar-refractivity contribution in [2.45, 2.75) is 13.2 Å². The molecule has 0 aliphatic heterocycles. The van der Waals surface area contributed by atoms with Crippen LogP contribution in [0.4, 0.5) is 0 Å². The van der Waals surface area contributed by atoms with Crippen LogP contribution >= 0.6 is 11.6 Å². The lowest BCUT2D eigenvalue weighted by Crippen LogP contribution is -2.04. The molecule has 0 bridgehead atoms. The van der Waals surface area contributed by atoms with E-state index in [0.717, 1.165) is 16.8 Å². The molecule has 0 aliphatic rings. The summed E-state index contributed by atoms with van der Waals surface area (Å²) < 4.78 is 7.24. The van der Waals surface area contributed by atoms with Crippen LogP contribution in [0.15, 0.2) is 41.0 Å². The third kappa shape index (κ3) is 1.89. The Balaban J connectivity index is 2.13. The predicted molar refractivity (Wildman–Crippen MR) is 68.5 cm³/mol. The van der Waals surface area contributed by atoms with E-state index in [-0.39, 0.29) is 6.61 Å². The summed E-state index contributed by atoms with van der Waals surface area (Å²) in [5, 5.41) is 10.0. The first-order valence-electron chi connectivity index (χ1n) is 5.56. The number of nitrogens with zero attached hydrogens (tertiary/aromatic N) is 2. The van der Waals surface area contributed by atoms with E-state index in [1.54, 1.807) is 12.3 Å². The second kappa shape index (κ2) is 4.48. The number of benzene rings is 1. The third-order valence-corrected chi connectivity index (χ3v) is 3.06. The van der Waals surface area contributed by atoms with Crippen LogP contribution in [0.25, 0.3) is 11.0 Å². The monoisotopic (exact) mass is 262 g/mol. The van der Waals surface area contributed by atoms with Gasteiger partial charge in [-0.25, -0.2) is 4.98 Å². The van der Waals surface area contributed by atoms with Crippen molar-refractivity contribution in [3.63, 3.8) is 0 Å². The van der Waals surface area contributed by atoms with E-state index in [4.69, 9.17) is 16.0 Å². The molecule has 2 aromatic heterocycles. The minimum atomic E-state index is -0.118. The minimum Gasteiger partial charge on any atom is -0.467 e. The zero-order chi connectivity index (χ0) is 12.5. The molecule has 92 valence electrons. The highest BCUT2D eigenvalue weighted by Gasteiger charge is 2.11. The minimum absolute atomic E-state index is 0.118. The number of hydrogen-bond acceptors (Lipinski definition) is 3. The van der Waals surface area contributed by atoms with Gasteiger partial charge in [-0.1, -0.05) is 11.6 Å². The first-order valence-corrected chi connectivity index (χ1v) is 5.93. The summed E-state index contributed by atoms with van der Waals surface area (Å²) in [5.74, 6) is 1.42. The van der Waals surface area contributed by atoms with E-state index >= 15 is 0 Å². The summed E-state index contributed by atoms with van der Waals surface area (Å²) >= 11 is 5.94. The molecule has 0 spiro atoms. The summed E-state index contributed by atoms with van der Waals surface area (Å²) in [4.78, 5) is 4.36. The average molecular weight is 263 g/mol. The van der Waals surface area contributed by atoms with E-state index in [9.17, 15) is 5.11 Å². The summed E-state index contributed by atoms with van der Waals surface area (Å²) in [6.07, 6.45) is 1.63. The molecule has 0 aliphatic carbocycles. The number of imidazole rings is 1. The SMILES string of the molecule is OCc1nc2cc(Cl)ccc2n1Cc1ccco1. The highest BCUT2D eigenvalue weighted by Crippen LogP contribution is 2.22. The maximum Gasteiger partial charge on any atom is 0.136 e. The Kier molecular flexibility index (Phi) is 2.81. The van der Waals surface area contributed by atoms with Crippen molar-refractivity contribution in [3.8, 4) is 0 Å². The molecule has 0 fully saturated rings. The van der Waals surface area contributed by atoms with E-state index in [2.05, 4.69) is 4.98 Å². The van der Waals surface area contributed by atoms with Gasteiger partial charge in [-0.05, 0) is 30.3 Å². The predicted octanol–water partition coefficient (Wildman–Crippen LogP) is 2.82. The standard InChI is InChI=1S/C13H11ClN2O2/c14-9-3-4-12-11(6-9)15-13(8-17)16(12)7-10-2-1-5-18-10/h1-6,17H,7-8H2. The van der Waals surface area contributed by atoms with E-state index in [1.165, 1.54) is 0 Å². The van der Waals surface area contributed by atoms with Crippen LogP contribution in [-0.2, 0) is 13.2 Å². The summed E-state index contributed by atoms with van der Waals surface area (Å²) in [5.41, 5.74) is 1.71. The Morgan fingerprint density at radius 2 is 2.22 bits per heavy atom. The van der Waals surface area contributed by atoms with Gasteiger partial charge in [-0.15, -0.1) is 0 Å². The molecule has 1 N–H and O–H groups in total. The molecule has 1 aromatic carbocycles. The van der Waals surface area contributed by atoms with E-state index < -0.39 is 0 Å². The highest BCUT2D eigenvalue weighted by molar-refractivity contribution is 6.31. The molecule has 3 aromatic rings. The van der Waals surface area contributed by atoms with Crippen molar-refractivity contribution in [2.75, 3.05) is 0 Å². The quantitative estimate of drug-likeness (QED) is 0.790. The van der Waals surface area contributed by atoms with Gasteiger partial charge in [-0.3, -0.25) is 0 Å². The topological polar surface area (TPSA) is 51.2 Å². The lowest BCUT2D eigenvalue weighted by Gasteiger charge is -2.05. The second-order valence-corrected chi connectivity index (χ2v) is 4.42. The van der Waals surface area contributed by atoms with Gasteiger partial charge in [0.25, 0.3) is 0 Å².